The molecule has 2 aromatic rings. The number of nitrogens with zero attached hydrogens (tertiary/aromatic N) is 2. The average Bonchev–Trinajstić information content (AvgIpc) is 2.89. The second-order valence-corrected chi connectivity index (χ2v) is 8.85. The molecule has 0 saturated heterocycles. The zero-order valence-corrected chi connectivity index (χ0v) is 16.4. The summed E-state index contributed by atoms with van der Waals surface area (Å²) in [6, 6.07) is 3.52. The molecule has 0 unspecified atom stereocenters. The first-order chi connectivity index (χ1) is 12.6. The van der Waals surface area contributed by atoms with Crippen LogP contribution in [-0.4, -0.2) is 36.5 Å². The zero-order valence-electron chi connectivity index (χ0n) is 15.6. The maximum atomic E-state index is 14.0. The van der Waals surface area contributed by atoms with Crippen LogP contribution < -0.4 is 5.32 Å². The number of aromatic nitrogens is 2. The van der Waals surface area contributed by atoms with Crippen molar-refractivity contribution in [3.63, 3.8) is 0 Å². The number of nitrogens with one attached hydrogen (secondary N) is 1. The fourth-order valence-corrected chi connectivity index (χ4v) is 4.07. The van der Waals surface area contributed by atoms with Crippen LogP contribution in [0, 0.1) is 5.82 Å². The van der Waals surface area contributed by atoms with Gasteiger partial charge in [-0.15, -0.1) is 0 Å². The fourth-order valence-electron chi connectivity index (χ4n) is 3.40. The Morgan fingerprint density at radius 3 is 2.78 bits per heavy atom. The number of benzene rings is 1. The minimum absolute atomic E-state index is 0.00293. The van der Waals surface area contributed by atoms with Crippen LogP contribution in [0.25, 0.3) is 0 Å². The molecule has 0 aliphatic carbocycles. The first-order valence-corrected chi connectivity index (χ1v) is 10.4. The van der Waals surface area contributed by atoms with E-state index in [-0.39, 0.29) is 34.9 Å². The van der Waals surface area contributed by atoms with Crippen LogP contribution in [0.1, 0.15) is 47.3 Å². The molecule has 3 rings (SSSR count). The third-order valence-corrected chi connectivity index (χ3v) is 5.72. The Kier molecular flexibility index (Phi) is 5.09. The molecule has 1 amide bonds. The summed E-state index contributed by atoms with van der Waals surface area (Å²) in [5.74, 6) is -1.02. The van der Waals surface area contributed by atoms with Gasteiger partial charge in [-0.2, -0.15) is 5.10 Å². The van der Waals surface area contributed by atoms with E-state index < -0.39 is 21.6 Å². The summed E-state index contributed by atoms with van der Waals surface area (Å²) in [6.45, 7) is 3.70. The molecule has 9 heteroatoms. The largest absolute Gasteiger partial charge is 0.369 e. The number of carbonyl (C=O) groups is 1. The molecule has 7 nitrogen and oxygen atoms in total. The van der Waals surface area contributed by atoms with Crippen LogP contribution in [0.15, 0.2) is 23.1 Å². The molecule has 27 heavy (non-hydrogen) atoms. The van der Waals surface area contributed by atoms with E-state index >= 15 is 0 Å². The van der Waals surface area contributed by atoms with Gasteiger partial charge in [-0.1, -0.05) is 0 Å². The van der Waals surface area contributed by atoms with Gasteiger partial charge in [0, 0.05) is 37.4 Å². The standard InChI is InChI=1S/C18H22FN3O4S/c1-10-7-14-16(21-22(3)17(14)11(2)26-10)18(23)20-9-12-8-13(27(4,24)25)5-6-15(12)19/h5-6,8,10-11H,7,9H2,1-4H3,(H,20,23)/t10-,11+/m1/s1. The predicted molar refractivity (Wildman–Crippen MR) is 96.6 cm³/mol. The van der Waals surface area contributed by atoms with E-state index in [1.807, 2.05) is 13.8 Å². The summed E-state index contributed by atoms with van der Waals surface area (Å²) in [7, 11) is -1.71. The third kappa shape index (κ3) is 3.89. The van der Waals surface area contributed by atoms with Gasteiger partial charge in [0.1, 0.15) is 5.82 Å². The van der Waals surface area contributed by atoms with E-state index in [1.165, 1.54) is 12.1 Å². The number of carbonyl (C=O) groups excluding carboxylic acids is 1. The summed E-state index contributed by atoms with van der Waals surface area (Å²) in [5, 5.41) is 6.94. The van der Waals surface area contributed by atoms with Crippen molar-refractivity contribution in [1.29, 1.82) is 0 Å². The fraction of sp³-hybridized carbons (Fsp3) is 0.444. The number of sulfone groups is 1. The summed E-state index contributed by atoms with van der Waals surface area (Å²) in [5.41, 5.74) is 2.06. The van der Waals surface area contributed by atoms with E-state index in [4.69, 9.17) is 4.74 Å². The van der Waals surface area contributed by atoms with Crippen LogP contribution in [0.3, 0.4) is 0 Å². The van der Waals surface area contributed by atoms with Crippen LogP contribution >= 0.6 is 0 Å². The molecular formula is C18H22FN3O4S. The van der Waals surface area contributed by atoms with Crippen molar-refractivity contribution in [2.75, 3.05) is 6.26 Å². The molecule has 1 aromatic carbocycles. The SMILES string of the molecule is C[C@@H]1Cc2c(C(=O)NCc3cc(S(C)(=O)=O)ccc3F)nn(C)c2[C@H](C)O1. The van der Waals surface area contributed by atoms with Crippen molar-refractivity contribution in [2.45, 2.75) is 43.9 Å². The van der Waals surface area contributed by atoms with Crippen LogP contribution in [0.4, 0.5) is 4.39 Å². The molecule has 2 atom stereocenters. The molecular weight excluding hydrogens is 373 g/mol. The Morgan fingerprint density at radius 1 is 1.41 bits per heavy atom. The summed E-state index contributed by atoms with van der Waals surface area (Å²) in [6.07, 6.45) is 1.40. The maximum Gasteiger partial charge on any atom is 0.272 e. The molecule has 1 aliphatic heterocycles. The number of ether oxygens (including phenoxy) is 1. The van der Waals surface area contributed by atoms with Gasteiger partial charge in [-0.05, 0) is 32.0 Å². The Labute approximate surface area is 157 Å². The topological polar surface area (TPSA) is 90.3 Å². The molecule has 0 fully saturated rings. The Balaban J connectivity index is 1.83. The van der Waals surface area contributed by atoms with Crippen molar-refractivity contribution in [3.8, 4) is 0 Å². The van der Waals surface area contributed by atoms with Crippen LogP contribution in [-0.2, 0) is 34.6 Å². The summed E-state index contributed by atoms with van der Waals surface area (Å²) >= 11 is 0. The molecule has 1 aromatic heterocycles. The average molecular weight is 395 g/mol. The van der Waals surface area contributed by atoms with Gasteiger partial charge in [-0.25, -0.2) is 12.8 Å². The van der Waals surface area contributed by atoms with E-state index in [0.29, 0.717) is 6.42 Å². The Morgan fingerprint density at radius 2 is 2.11 bits per heavy atom. The van der Waals surface area contributed by atoms with Crippen molar-refractivity contribution >= 4 is 15.7 Å². The van der Waals surface area contributed by atoms with Gasteiger partial charge in [0.25, 0.3) is 5.91 Å². The highest BCUT2D eigenvalue weighted by Crippen LogP contribution is 2.31. The quantitative estimate of drug-likeness (QED) is 0.799. The van der Waals surface area contributed by atoms with E-state index in [9.17, 15) is 17.6 Å². The van der Waals surface area contributed by atoms with Gasteiger partial charge in [-0.3, -0.25) is 9.48 Å². The lowest BCUT2D eigenvalue weighted by Gasteiger charge is -2.26. The second-order valence-electron chi connectivity index (χ2n) is 6.84. The molecule has 146 valence electrons. The number of halogens is 1. The second kappa shape index (κ2) is 7.05. The lowest BCUT2D eigenvalue weighted by atomic mass is 9.99. The van der Waals surface area contributed by atoms with Crippen molar-refractivity contribution in [3.05, 3.63) is 46.5 Å². The smallest absolute Gasteiger partial charge is 0.272 e. The van der Waals surface area contributed by atoms with E-state index in [1.54, 1.807) is 11.7 Å². The van der Waals surface area contributed by atoms with E-state index in [2.05, 4.69) is 10.4 Å². The van der Waals surface area contributed by atoms with Crippen molar-refractivity contribution < 1.29 is 22.3 Å². The Bertz CT molecular complexity index is 1000. The first kappa shape index (κ1) is 19.5. The van der Waals surface area contributed by atoms with Gasteiger partial charge < -0.3 is 10.1 Å². The van der Waals surface area contributed by atoms with Gasteiger partial charge in [0.05, 0.1) is 22.8 Å². The van der Waals surface area contributed by atoms with Gasteiger partial charge in [0.15, 0.2) is 15.5 Å². The zero-order chi connectivity index (χ0) is 19.9. The monoisotopic (exact) mass is 395 g/mol. The van der Waals surface area contributed by atoms with Gasteiger partial charge >= 0.3 is 0 Å². The maximum absolute atomic E-state index is 14.0. The molecule has 0 bridgehead atoms. The number of amides is 1. The highest BCUT2D eigenvalue weighted by Gasteiger charge is 2.31. The molecule has 0 spiro atoms. The lowest BCUT2D eigenvalue weighted by Crippen LogP contribution is -2.27. The lowest BCUT2D eigenvalue weighted by molar-refractivity contribution is -0.00903. The highest BCUT2D eigenvalue weighted by atomic mass is 32.2. The van der Waals surface area contributed by atoms with Crippen LogP contribution in [0.2, 0.25) is 0 Å². The number of rotatable bonds is 4. The van der Waals surface area contributed by atoms with Gasteiger partial charge in [0.2, 0.25) is 0 Å². The highest BCUT2D eigenvalue weighted by molar-refractivity contribution is 7.90. The molecule has 0 radical (unpaired) electrons. The normalized spacial score (nSPS) is 19.6. The third-order valence-electron chi connectivity index (χ3n) is 4.61. The number of hydrogen-bond donors (Lipinski definition) is 1. The predicted octanol–water partition coefficient (Wildman–Crippen LogP) is 1.91. The van der Waals surface area contributed by atoms with Crippen molar-refractivity contribution in [1.82, 2.24) is 15.1 Å². The van der Waals surface area contributed by atoms with E-state index in [0.717, 1.165) is 23.6 Å². The molecule has 0 saturated carbocycles. The molecule has 2 heterocycles. The number of hydrogen-bond acceptors (Lipinski definition) is 5. The molecule has 1 aliphatic rings. The minimum atomic E-state index is -3.46. The van der Waals surface area contributed by atoms with Crippen LogP contribution in [0.5, 0.6) is 0 Å². The first-order valence-electron chi connectivity index (χ1n) is 8.55. The minimum Gasteiger partial charge on any atom is -0.369 e. The summed E-state index contributed by atoms with van der Waals surface area (Å²) in [4.78, 5) is 12.6. The number of fused-ring (bicyclic) bond motifs is 1. The van der Waals surface area contributed by atoms with Crippen molar-refractivity contribution in [2.24, 2.45) is 7.05 Å². The summed E-state index contributed by atoms with van der Waals surface area (Å²) < 4.78 is 44.7. The molecule has 1 N–H and O–H groups in total. The Hall–Kier alpha value is -2.26. The number of aryl methyl sites for hydroxylation is 1.